The minimum absolute atomic E-state index is 0.0686. The van der Waals surface area contributed by atoms with Gasteiger partial charge in [-0.15, -0.1) is 0 Å². The highest BCUT2D eigenvalue weighted by Gasteiger charge is 2.18. The normalized spacial score (nSPS) is 10.9. The fourth-order valence-corrected chi connectivity index (χ4v) is 3.24. The SMILES string of the molecule is COc1cc(NC(=O)COc2ccc3oc4ccccc4c3c2)c(C)cc1[N+](=O)[O-]. The van der Waals surface area contributed by atoms with Crippen molar-refractivity contribution in [1.29, 1.82) is 0 Å². The lowest BCUT2D eigenvalue weighted by Crippen LogP contribution is -2.20. The maximum absolute atomic E-state index is 12.4. The second kappa shape index (κ2) is 7.75. The van der Waals surface area contributed by atoms with Crippen molar-refractivity contribution in [2.24, 2.45) is 0 Å². The molecule has 4 aromatic rings. The van der Waals surface area contributed by atoms with Crippen molar-refractivity contribution in [3.05, 3.63) is 70.3 Å². The standard InChI is InChI=1S/C22H18N2O6/c1-13-9-18(24(26)27)21(28-2)11-17(13)23-22(25)12-29-14-7-8-20-16(10-14)15-5-3-4-6-19(15)30-20/h3-11H,12H2,1-2H3,(H,23,25). The number of fused-ring (bicyclic) bond motifs is 3. The number of hydrogen-bond donors (Lipinski definition) is 1. The highest BCUT2D eigenvalue weighted by Crippen LogP contribution is 2.33. The molecule has 0 spiro atoms. The Balaban J connectivity index is 1.49. The number of nitro groups is 1. The molecule has 1 heterocycles. The van der Waals surface area contributed by atoms with E-state index in [9.17, 15) is 14.9 Å². The smallest absolute Gasteiger partial charge is 0.311 e. The molecular formula is C22H18N2O6. The van der Waals surface area contributed by atoms with Crippen molar-refractivity contribution >= 4 is 39.2 Å². The Hall–Kier alpha value is -4.07. The Kier molecular flexibility index (Phi) is 4.97. The molecule has 4 rings (SSSR count). The number of nitrogens with zero attached hydrogens (tertiary/aromatic N) is 1. The van der Waals surface area contributed by atoms with Crippen LogP contribution in [0.2, 0.25) is 0 Å². The van der Waals surface area contributed by atoms with Gasteiger partial charge in [0.05, 0.1) is 12.0 Å². The zero-order chi connectivity index (χ0) is 21.3. The Bertz CT molecular complexity index is 1280. The van der Waals surface area contributed by atoms with E-state index in [1.165, 1.54) is 19.2 Å². The van der Waals surface area contributed by atoms with Crippen LogP contribution in [0, 0.1) is 17.0 Å². The minimum atomic E-state index is -0.531. The summed E-state index contributed by atoms with van der Waals surface area (Å²) in [5, 5.41) is 15.7. The van der Waals surface area contributed by atoms with E-state index < -0.39 is 10.8 Å². The van der Waals surface area contributed by atoms with Crippen LogP contribution in [0.25, 0.3) is 21.9 Å². The molecule has 3 aromatic carbocycles. The number of methoxy groups -OCH3 is 1. The molecule has 0 aliphatic rings. The van der Waals surface area contributed by atoms with Crippen molar-refractivity contribution in [1.82, 2.24) is 0 Å². The van der Waals surface area contributed by atoms with Gasteiger partial charge in [0, 0.05) is 28.6 Å². The van der Waals surface area contributed by atoms with Crippen LogP contribution in [-0.4, -0.2) is 24.5 Å². The van der Waals surface area contributed by atoms with Gasteiger partial charge in [0.15, 0.2) is 12.4 Å². The lowest BCUT2D eigenvalue weighted by Gasteiger charge is -2.11. The van der Waals surface area contributed by atoms with Crippen LogP contribution in [0.5, 0.6) is 11.5 Å². The lowest BCUT2D eigenvalue weighted by molar-refractivity contribution is -0.385. The summed E-state index contributed by atoms with van der Waals surface area (Å²) in [5.41, 5.74) is 2.32. The van der Waals surface area contributed by atoms with Gasteiger partial charge in [-0.25, -0.2) is 0 Å². The third kappa shape index (κ3) is 3.62. The van der Waals surface area contributed by atoms with Crippen LogP contribution < -0.4 is 14.8 Å². The summed E-state index contributed by atoms with van der Waals surface area (Å²) in [5.74, 6) is 0.201. The summed E-state index contributed by atoms with van der Waals surface area (Å²) < 4.78 is 16.5. The Morgan fingerprint density at radius 1 is 1.10 bits per heavy atom. The fraction of sp³-hybridized carbons (Fsp3) is 0.136. The predicted molar refractivity (Wildman–Crippen MR) is 112 cm³/mol. The van der Waals surface area contributed by atoms with Gasteiger partial charge in [-0.2, -0.15) is 0 Å². The number of nitrogens with one attached hydrogen (secondary N) is 1. The molecular weight excluding hydrogens is 388 g/mol. The average Bonchev–Trinajstić information content (AvgIpc) is 3.11. The zero-order valence-corrected chi connectivity index (χ0v) is 16.3. The molecule has 0 unspecified atom stereocenters. The number of carbonyl (C=O) groups excluding carboxylic acids is 1. The van der Waals surface area contributed by atoms with E-state index >= 15 is 0 Å². The Morgan fingerprint density at radius 3 is 2.63 bits per heavy atom. The molecule has 0 saturated carbocycles. The predicted octanol–water partition coefficient (Wildman–Crippen LogP) is 4.83. The number of ether oxygens (including phenoxy) is 2. The van der Waals surface area contributed by atoms with Crippen molar-refractivity contribution in [2.75, 3.05) is 19.0 Å². The number of aryl methyl sites for hydroxylation is 1. The number of rotatable bonds is 6. The highest BCUT2D eigenvalue weighted by molar-refractivity contribution is 6.05. The largest absolute Gasteiger partial charge is 0.490 e. The van der Waals surface area contributed by atoms with Gasteiger partial charge in [-0.3, -0.25) is 14.9 Å². The first-order valence-corrected chi connectivity index (χ1v) is 9.13. The van der Waals surface area contributed by atoms with E-state index in [4.69, 9.17) is 13.9 Å². The number of nitro benzene ring substituents is 1. The number of furan rings is 1. The number of hydrogen-bond acceptors (Lipinski definition) is 6. The van der Waals surface area contributed by atoms with Gasteiger partial charge >= 0.3 is 5.69 Å². The van der Waals surface area contributed by atoms with Gasteiger partial charge in [0.2, 0.25) is 0 Å². The van der Waals surface area contributed by atoms with E-state index in [1.807, 2.05) is 30.3 Å². The van der Waals surface area contributed by atoms with Crippen LogP contribution in [0.1, 0.15) is 5.56 Å². The van der Waals surface area contributed by atoms with Gasteiger partial charge in [0.1, 0.15) is 16.9 Å². The maximum atomic E-state index is 12.4. The molecule has 0 bridgehead atoms. The van der Waals surface area contributed by atoms with Crippen LogP contribution in [0.15, 0.2) is 59.0 Å². The number of anilines is 1. The zero-order valence-electron chi connectivity index (χ0n) is 16.3. The summed E-state index contributed by atoms with van der Waals surface area (Å²) in [4.78, 5) is 22.9. The first-order chi connectivity index (χ1) is 14.5. The number of benzene rings is 3. The molecule has 152 valence electrons. The van der Waals surface area contributed by atoms with Crippen molar-refractivity contribution < 1.29 is 23.6 Å². The summed E-state index contributed by atoms with van der Waals surface area (Å²) in [6, 6.07) is 15.8. The molecule has 0 saturated heterocycles. The molecule has 0 atom stereocenters. The number of carbonyl (C=O) groups is 1. The molecule has 0 aliphatic heterocycles. The van der Waals surface area contributed by atoms with E-state index in [2.05, 4.69) is 5.32 Å². The third-order valence-corrected chi connectivity index (χ3v) is 4.71. The van der Waals surface area contributed by atoms with E-state index in [0.29, 0.717) is 17.0 Å². The second-order valence-electron chi connectivity index (χ2n) is 6.69. The average molecular weight is 406 g/mol. The van der Waals surface area contributed by atoms with Crippen LogP contribution in [0.4, 0.5) is 11.4 Å². The van der Waals surface area contributed by atoms with Gasteiger partial charge in [0.25, 0.3) is 5.91 Å². The molecule has 30 heavy (non-hydrogen) atoms. The monoisotopic (exact) mass is 406 g/mol. The van der Waals surface area contributed by atoms with Crippen LogP contribution in [-0.2, 0) is 4.79 Å². The van der Waals surface area contributed by atoms with Crippen LogP contribution in [0.3, 0.4) is 0 Å². The Labute approximate surface area is 171 Å². The van der Waals surface area contributed by atoms with Gasteiger partial charge < -0.3 is 19.2 Å². The summed E-state index contributed by atoms with van der Waals surface area (Å²) in [6.45, 7) is 1.45. The van der Waals surface area contributed by atoms with Gasteiger partial charge in [-0.1, -0.05) is 18.2 Å². The van der Waals surface area contributed by atoms with E-state index in [0.717, 1.165) is 21.9 Å². The molecule has 0 radical (unpaired) electrons. The van der Waals surface area contributed by atoms with Crippen molar-refractivity contribution in [3.8, 4) is 11.5 Å². The number of para-hydroxylation sites is 1. The minimum Gasteiger partial charge on any atom is -0.490 e. The van der Waals surface area contributed by atoms with Gasteiger partial charge in [-0.05, 0) is 36.8 Å². The molecule has 1 N–H and O–H groups in total. The summed E-state index contributed by atoms with van der Waals surface area (Å²) in [6.07, 6.45) is 0. The molecule has 0 fully saturated rings. The Morgan fingerprint density at radius 2 is 1.87 bits per heavy atom. The first-order valence-electron chi connectivity index (χ1n) is 9.13. The topological polar surface area (TPSA) is 104 Å². The van der Waals surface area contributed by atoms with E-state index in [-0.39, 0.29) is 18.0 Å². The molecule has 8 nitrogen and oxygen atoms in total. The van der Waals surface area contributed by atoms with Crippen molar-refractivity contribution in [2.45, 2.75) is 6.92 Å². The fourth-order valence-electron chi connectivity index (χ4n) is 3.24. The molecule has 1 amide bonds. The molecule has 1 aromatic heterocycles. The first kappa shape index (κ1) is 19.3. The van der Waals surface area contributed by atoms with Crippen molar-refractivity contribution in [3.63, 3.8) is 0 Å². The highest BCUT2D eigenvalue weighted by atomic mass is 16.6. The van der Waals surface area contributed by atoms with Crippen LogP contribution >= 0.6 is 0 Å². The second-order valence-corrected chi connectivity index (χ2v) is 6.69. The quantitative estimate of drug-likeness (QED) is 0.363. The number of amides is 1. The molecule has 0 aliphatic carbocycles. The third-order valence-electron chi connectivity index (χ3n) is 4.71. The molecule has 8 heteroatoms. The van der Waals surface area contributed by atoms with E-state index in [1.54, 1.807) is 19.1 Å². The maximum Gasteiger partial charge on any atom is 0.311 e. The lowest BCUT2D eigenvalue weighted by atomic mass is 10.1. The summed E-state index contributed by atoms with van der Waals surface area (Å²) in [7, 11) is 1.34. The summed E-state index contributed by atoms with van der Waals surface area (Å²) >= 11 is 0.